The maximum Gasteiger partial charge on any atom is 0.0319 e. The molecular formula is C13H28O. The summed E-state index contributed by atoms with van der Waals surface area (Å²) in [4.78, 5) is 0. The molecule has 2 aliphatic carbocycles. The van der Waals surface area contributed by atoms with E-state index in [4.69, 9.17) is 5.11 Å². The van der Waals surface area contributed by atoms with Crippen LogP contribution in [0.1, 0.15) is 77.0 Å². The van der Waals surface area contributed by atoms with Gasteiger partial charge >= 0.3 is 0 Å². The van der Waals surface area contributed by atoms with Crippen molar-refractivity contribution in [2.45, 2.75) is 77.0 Å². The second kappa shape index (κ2) is 13.0. The molecule has 86 valence electrons. The van der Waals surface area contributed by atoms with Crippen LogP contribution < -0.4 is 0 Å². The molecule has 0 aromatic heterocycles. The van der Waals surface area contributed by atoms with E-state index in [0.29, 0.717) is 0 Å². The van der Waals surface area contributed by atoms with Crippen molar-refractivity contribution in [2.24, 2.45) is 0 Å². The molecule has 14 heavy (non-hydrogen) atoms. The van der Waals surface area contributed by atoms with Crippen molar-refractivity contribution in [2.75, 3.05) is 7.11 Å². The molecule has 1 nitrogen and oxygen atoms in total. The van der Waals surface area contributed by atoms with Gasteiger partial charge in [-0.25, -0.2) is 0 Å². The lowest BCUT2D eigenvalue weighted by Crippen LogP contribution is -1.85. The quantitative estimate of drug-likeness (QED) is 0.618. The monoisotopic (exact) mass is 200 g/mol. The Labute approximate surface area is 89.9 Å². The van der Waals surface area contributed by atoms with Crippen molar-refractivity contribution in [3.8, 4) is 0 Å². The summed E-state index contributed by atoms with van der Waals surface area (Å²) in [5.74, 6) is 0. The molecule has 0 aromatic carbocycles. The van der Waals surface area contributed by atoms with Gasteiger partial charge in [-0.2, -0.15) is 0 Å². The summed E-state index contributed by atoms with van der Waals surface area (Å²) < 4.78 is 0. The van der Waals surface area contributed by atoms with Gasteiger partial charge in [-0.1, -0.05) is 77.0 Å². The van der Waals surface area contributed by atoms with E-state index in [2.05, 4.69) is 0 Å². The molecule has 2 rings (SSSR count). The summed E-state index contributed by atoms with van der Waals surface area (Å²) in [6, 6.07) is 0. The van der Waals surface area contributed by atoms with Gasteiger partial charge < -0.3 is 5.11 Å². The van der Waals surface area contributed by atoms with E-state index in [1.807, 2.05) is 0 Å². The fourth-order valence-electron chi connectivity index (χ4n) is 2.12. The second-order valence-electron chi connectivity index (χ2n) is 4.24. The number of hydrogen-bond acceptors (Lipinski definition) is 1. The Morgan fingerprint density at radius 2 is 0.429 bits per heavy atom. The van der Waals surface area contributed by atoms with Crippen LogP contribution >= 0.6 is 0 Å². The molecule has 0 atom stereocenters. The first kappa shape index (κ1) is 14.0. The average Bonchev–Trinajstić information content (AvgIpc) is 2.37. The minimum atomic E-state index is 1.00. The van der Waals surface area contributed by atoms with Crippen molar-refractivity contribution >= 4 is 0 Å². The Kier molecular flexibility index (Phi) is 12.9. The van der Waals surface area contributed by atoms with Gasteiger partial charge in [0, 0.05) is 7.11 Å². The second-order valence-corrected chi connectivity index (χ2v) is 4.24. The van der Waals surface area contributed by atoms with E-state index >= 15 is 0 Å². The number of aliphatic hydroxyl groups is 1. The molecule has 0 spiro atoms. The first-order valence-corrected chi connectivity index (χ1v) is 6.45. The van der Waals surface area contributed by atoms with Crippen LogP contribution in [0.5, 0.6) is 0 Å². The van der Waals surface area contributed by atoms with Crippen LogP contribution in [0.4, 0.5) is 0 Å². The largest absolute Gasteiger partial charge is 0.400 e. The third kappa shape index (κ3) is 10.0. The van der Waals surface area contributed by atoms with Gasteiger partial charge in [0.1, 0.15) is 0 Å². The molecule has 1 N–H and O–H groups in total. The van der Waals surface area contributed by atoms with E-state index in [9.17, 15) is 0 Å². The molecule has 2 fully saturated rings. The van der Waals surface area contributed by atoms with Gasteiger partial charge in [-0.3, -0.25) is 0 Å². The highest BCUT2D eigenvalue weighted by Crippen LogP contribution is 2.15. The van der Waals surface area contributed by atoms with Crippen LogP contribution in [0.25, 0.3) is 0 Å². The van der Waals surface area contributed by atoms with Crippen LogP contribution in [0, 0.1) is 0 Å². The Hall–Kier alpha value is -0.0400. The molecule has 0 bridgehead atoms. The predicted octanol–water partition coefficient (Wildman–Crippen LogP) is 4.29. The summed E-state index contributed by atoms with van der Waals surface area (Å²) in [6.07, 6.45) is 18.0. The lowest BCUT2D eigenvalue weighted by atomic mass is 10.0. The lowest BCUT2D eigenvalue weighted by Gasteiger charge is -2.05. The zero-order valence-corrected chi connectivity index (χ0v) is 9.93. The van der Waals surface area contributed by atoms with Gasteiger partial charge in [0.05, 0.1) is 0 Å². The van der Waals surface area contributed by atoms with Gasteiger partial charge in [0.2, 0.25) is 0 Å². The maximum atomic E-state index is 7.00. The topological polar surface area (TPSA) is 20.2 Å². The van der Waals surface area contributed by atoms with Gasteiger partial charge in [0.25, 0.3) is 0 Å². The van der Waals surface area contributed by atoms with Crippen LogP contribution in [-0.4, -0.2) is 12.2 Å². The van der Waals surface area contributed by atoms with Crippen LogP contribution in [0.15, 0.2) is 0 Å². The Balaban J connectivity index is 0.000000206. The van der Waals surface area contributed by atoms with E-state index in [1.54, 1.807) is 0 Å². The highest BCUT2D eigenvalue weighted by molar-refractivity contribution is 4.51. The van der Waals surface area contributed by atoms with Crippen molar-refractivity contribution in [3.63, 3.8) is 0 Å². The fourth-order valence-corrected chi connectivity index (χ4v) is 2.12. The Morgan fingerprint density at radius 3 is 0.500 bits per heavy atom. The van der Waals surface area contributed by atoms with Crippen molar-refractivity contribution in [3.05, 3.63) is 0 Å². The summed E-state index contributed by atoms with van der Waals surface area (Å²) in [7, 11) is 1.00. The highest BCUT2D eigenvalue weighted by Gasteiger charge is 1.96. The molecule has 0 radical (unpaired) electrons. The molecule has 0 aromatic rings. The van der Waals surface area contributed by atoms with Crippen LogP contribution in [-0.2, 0) is 0 Å². The molecule has 0 heterocycles. The Bertz CT molecular complexity index is 48.2. The third-order valence-corrected chi connectivity index (χ3v) is 3.00. The summed E-state index contributed by atoms with van der Waals surface area (Å²) in [6.45, 7) is 0. The predicted molar refractivity (Wildman–Crippen MR) is 63.5 cm³/mol. The minimum absolute atomic E-state index is 1.00. The average molecular weight is 200 g/mol. The summed E-state index contributed by atoms with van der Waals surface area (Å²) in [5, 5.41) is 7.00. The zero-order valence-electron chi connectivity index (χ0n) is 9.93. The highest BCUT2D eigenvalue weighted by atomic mass is 16.2. The number of rotatable bonds is 0. The van der Waals surface area contributed by atoms with Crippen LogP contribution in [0.2, 0.25) is 0 Å². The normalized spacial score (nSPS) is 21.0. The van der Waals surface area contributed by atoms with E-state index < -0.39 is 0 Å². The maximum absolute atomic E-state index is 7.00. The zero-order chi connectivity index (χ0) is 10.5. The molecule has 0 amide bonds. The van der Waals surface area contributed by atoms with E-state index in [-0.39, 0.29) is 0 Å². The molecule has 1 heteroatoms. The lowest BCUT2D eigenvalue weighted by molar-refractivity contribution is 0.399. The van der Waals surface area contributed by atoms with E-state index in [0.717, 1.165) is 7.11 Å². The third-order valence-electron chi connectivity index (χ3n) is 3.00. The molecule has 0 unspecified atom stereocenters. The van der Waals surface area contributed by atoms with Gasteiger partial charge in [0.15, 0.2) is 0 Å². The SMILES string of the molecule is C1CCCCC1.C1CCCCC1.CO. The number of hydrogen-bond donors (Lipinski definition) is 1. The van der Waals surface area contributed by atoms with E-state index in [1.165, 1.54) is 77.0 Å². The number of aliphatic hydroxyl groups excluding tert-OH is 1. The van der Waals surface area contributed by atoms with Gasteiger partial charge in [-0.05, 0) is 0 Å². The molecule has 0 aliphatic heterocycles. The van der Waals surface area contributed by atoms with Crippen molar-refractivity contribution in [1.29, 1.82) is 0 Å². The molecule has 2 saturated carbocycles. The van der Waals surface area contributed by atoms with Crippen LogP contribution in [0.3, 0.4) is 0 Å². The first-order valence-electron chi connectivity index (χ1n) is 6.45. The standard InChI is InChI=1S/2C6H12.CH4O/c2*1-2-4-6-5-3-1;1-2/h2*1-6H2;2H,1H3. The first-order chi connectivity index (χ1) is 7.00. The van der Waals surface area contributed by atoms with Crippen molar-refractivity contribution in [1.82, 2.24) is 0 Å². The summed E-state index contributed by atoms with van der Waals surface area (Å²) >= 11 is 0. The summed E-state index contributed by atoms with van der Waals surface area (Å²) in [5.41, 5.74) is 0. The molecular weight excluding hydrogens is 172 g/mol. The fraction of sp³-hybridized carbons (Fsp3) is 1.00. The molecule has 0 saturated heterocycles. The smallest absolute Gasteiger partial charge is 0.0319 e. The minimum Gasteiger partial charge on any atom is -0.400 e. The van der Waals surface area contributed by atoms with Gasteiger partial charge in [-0.15, -0.1) is 0 Å². The molecule has 2 aliphatic rings. The Morgan fingerprint density at radius 1 is 0.357 bits per heavy atom. The van der Waals surface area contributed by atoms with Crippen molar-refractivity contribution < 1.29 is 5.11 Å².